The van der Waals surface area contributed by atoms with Gasteiger partial charge in [0.25, 0.3) is 0 Å². The van der Waals surface area contributed by atoms with E-state index in [1.54, 1.807) is 12.1 Å². The number of carbonyl (C=O) groups excluding carboxylic acids is 1. The molecule has 1 aliphatic rings. The van der Waals surface area contributed by atoms with Gasteiger partial charge in [-0.3, -0.25) is 5.32 Å². The van der Waals surface area contributed by atoms with Gasteiger partial charge in [-0.25, -0.2) is 4.79 Å². The number of hydrogen-bond donors (Lipinski definition) is 3. The van der Waals surface area contributed by atoms with Crippen molar-refractivity contribution in [3.63, 3.8) is 0 Å². The summed E-state index contributed by atoms with van der Waals surface area (Å²) in [5.74, 6) is 1.58. The summed E-state index contributed by atoms with van der Waals surface area (Å²) in [4.78, 5) is 11.6. The van der Waals surface area contributed by atoms with Gasteiger partial charge in [0.05, 0.1) is 0 Å². The standard InChI is InChI=1S/C17H21N5O/c1-11(2)12-3-5-13(6-4-12)18-15-9-10-16(22-21-15)20-17(23)19-14-7-8-14/h3-6,9-11,14H,7-8H2,1-2H3,(H,18,21)(H2,19,20,22,23). The van der Waals surface area contributed by atoms with E-state index in [4.69, 9.17) is 0 Å². The Hall–Kier alpha value is -2.63. The maximum Gasteiger partial charge on any atom is 0.320 e. The average molecular weight is 311 g/mol. The van der Waals surface area contributed by atoms with Crippen molar-refractivity contribution in [3.05, 3.63) is 42.0 Å². The number of nitrogens with zero attached hydrogens (tertiary/aromatic N) is 2. The molecule has 1 saturated carbocycles. The molecule has 0 bridgehead atoms. The molecule has 1 fully saturated rings. The highest BCUT2D eigenvalue weighted by atomic mass is 16.2. The van der Waals surface area contributed by atoms with Gasteiger partial charge >= 0.3 is 6.03 Å². The highest BCUT2D eigenvalue weighted by molar-refractivity contribution is 5.88. The molecule has 2 aromatic rings. The fourth-order valence-electron chi connectivity index (χ4n) is 2.13. The number of hydrogen-bond acceptors (Lipinski definition) is 4. The van der Waals surface area contributed by atoms with Crippen molar-refractivity contribution in [2.75, 3.05) is 10.6 Å². The predicted octanol–water partition coefficient (Wildman–Crippen LogP) is 3.63. The maximum absolute atomic E-state index is 11.6. The zero-order valence-electron chi connectivity index (χ0n) is 13.3. The molecule has 0 radical (unpaired) electrons. The second kappa shape index (κ2) is 6.64. The molecule has 3 N–H and O–H groups in total. The Morgan fingerprint density at radius 1 is 1.04 bits per heavy atom. The van der Waals surface area contributed by atoms with Crippen LogP contribution in [0.5, 0.6) is 0 Å². The fraction of sp³-hybridized carbons (Fsp3) is 0.353. The van der Waals surface area contributed by atoms with Crippen LogP contribution in [0.25, 0.3) is 0 Å². The zero-order valence-corrected chi connectivity index (χ0v) is 13.3. The third-order valence-corrected chi connectivity index (χ3v) is 3.67. The Balaban J connectivity index is 1.57. The minimum Gasteiger partial charge on any atom is -0.339 e. The van der Waals surface area contributed by atoms with Crippen molar-refractivity contribution in [1.82, 2.24) is 15.5 Å². The number of carbonyl (C=O) groups is 1. The first-order valence-corrected chi connectivity index (χ1v) is 7.88. The summed E-state index contributed by atoms with van der Waals surface area (Å²) in [5.41, 5.74) is 2.25. The summed E-state index contributed by atoms with van der Waals surface area (Å²) in [6.45, 7) is 4.33. The van der Waals surface area contributed by atoms with E-state index < -0.39 is 0 Å². The molecular formula is C17H21N5O. The van der Waals surface area contributed by atoms with Crippen LogP contribution in [0, 0.1) is 0 Å². The largest absolute Gasteiger partial charge is 0.339 e. The van der Waals surface area contributed by atoms with Crippen molar-refractivity contribution in [2.24, 2.45) is 0 Å². The van der Waals surface area contributed by atoms with E-state index in [-0.39, 0.29) is 6.03 Å². The van der Waals surface area contributed by atoms with Gasteiger partial charge in [0.15, 0.2) is 11.6 Å². The first-order chi connectivity index (χ1) is 11.1. The number of nitrogens with one attached hydrogen (secondary N) is 3. The van der Waals surface area contributed by atoms with Crippen LogP contribution in [0.15, 0.2) is 36.4 Å². The molecule has 6 heteroatoms. The van der Waals surface area contributed by atoms with E-state index >= 15 is 0 Å². The van der Waals surface area contributed by atoms with Crippen LogP contribution in [-0.4, -0.2) is 22.3 Å². The van der Waals surface area contributed by atoms with E-state index in [1.165, 1.54) is 5.56 Å². The molecule has 1 aromatic carbocycles. The minimum absolute atomic E-state index is 0.230. The number of benzene rings is 1. The molecule has 6 nitrogen and oxygen atoms in total. The molecule has 0 saturated heterocycles. The van der Waals surface area contributed by atoms with Crippen LogP contribution in [0.3, 0.4) is 0 Å². The van der Waals surface area contributed by atoms with Crippen molar-refractivity contribution in [3.8, 4) is 0 Å². The van der Waals surface area contributed by atoms with E-state index in [0.717, 1.165) is 18.5 Å². The molecule has 3 rings (SSSR count). The van der Waals surface area contributed by atoms with Gasteiger partial charge in [-0.15, -0.1) is 10.2 Å². The van der Waals surface area contributed by atoms with Gasteiger partial charge in [-0.2, -0.15) is 0 Å². The summed E-state index contributed by atoms with van der Waals surface area (Å²) >= 11 is 0. The molecule has 0 unspecified atom stereocenters. The van der Waals surface area contributed by atoms with Crippen LogP contribution in [0.4, 0.5) is 22.1 Å². The normalized spacial score (nSPS) is 13.7. The lowest BCUT2D eigenvalue weighted by Crippen LogP contribution is -2.30. The third-order valence-electron chi connectivity index (χ3n) is 3.67. The van der Waals surface area contributed by atoms with E-state index in [9.17, 15) is 4.79 Å². The van der Waals surface area contributed by atoms with Gasteiger partial charge < -0.3 is 10.6 Å². The van der Waals surface area contributed by atoms with Gasteiger partial charge in [-0.05, 0) is 48.6 Å². The van der Waals surface area contributed by atoms with Crippen molar-refractivity contribution in [1.29, 1.82) is 0 Å². The predicted molar refractivity (Wildman–Crippen MR) is 91.0 cm³/mol. The van der Waals surface area contributed by atoms with Gasteiger partial charge in [0, 0.05) is 11.7 Å². The van der Waals surface area contributed by atoms with Gasteiger partial charge in [0.1, 0.15) is 0 Å². The molecule has 1 aliphatic carbocycles. The van der Waals surface area contributed by atoms with Crippen molar-refractivity contribution >= 4 is 23.4 Å². The topological polar surface area (TPSA) is 78.9 Å². The highest BCUT2D eigenvalue weighted by Crippen LogP contribution is 2.20. The summed E-state index contributed by atoms with van der Waals surface area (Å²) < 4.78 is 0. The number of aromatic nitrogens is 2. The van der Waals surface area contributed by atoms with Crippen molar-refractivity contribution in [2.45, 2.75) is 38.6 Å². The fourth-order valence-corrected chi connectivity index (χ4v) is 2.13. The number of amides is 2. The second-order valence-electron chi connectivity index (χ2n) is 6.08. The smallest absolute Gasteiger partial charge is 0.320 e. The molecule has 0 atom stereocenters. The monoisotopic (exact) mass is 311 g/mol. The van der Waals surface area contributed by atoms with Gasteiger partial charge in [0.2, 0.25) is 0 Å². The first-order valence-electron chi connectivity index (χ1n) is 7.88. The number of anilines is 3. The Morgan fingerprint density at radius 3 is 2.26 bits per heavy atom. The maximum atomic E-state index is 11.6. The molecule has 0 aliphatic heterocycles. The Morgan fingerprint density at radius 2 is 1.70 bits per heavy atom. The van der Waals surface area contributed by atoms with Crippen LogP contribution in [0.1, 0.15) is 38.2 Å². The molecule has 2 amide bonds. The number of urea groups is 1. The molecule has 1 aromatic heterocycles. The summed E-state index contributed by atoms with van der Waals surface area (Å²) in [5, 5.41) is 16.8. The number of rotatable bonds is 5. The summed E-state index contributed by atoms with van der Waals surface area (Å²) in [6.07, 6.45) is 2.11. The molecular weight excluding hydrogens is 290 g/mol. The lowest BCUT2D eigenvalue weighted by molar-refractivity contribution is 0.251. The van der Waals surface area contributed by atoms with Crippen LogP contribution < -0.4 is 16.0 Å². The molecule has 120 valence electrons. The van der Waals surface area contributed by atoms with Crippen LogP contribution >= 0.6 is 0 Å². The van der Waals surface area contributed by atoms with E-state index in [1.807, 2.05) is 12.1 Å². The Labute approximate surface area is 135 Å². The second-order valence-corrected chi connectivity index (χ2v) is 6.08. The van der Waals surface area contributed by atoms with Crippen molar-refractivity contribution < 1.29 is 4.79 Å². The molecule has 0 spiro atoms. The quantitative estimate of drug-likeness (QED) is 0.788. The SMILES string of the molecule is CC(C)c1ccc(Nc2ccc(NC(=O)NC3CC3)nn2)cc1. The zero-order chi connectivity index (χ0) is 16.2. The lowest BCUT2D eigenvalue weighted by atomic mass is 10.0. The summed E-state index contributed by atoms with van der Waals surface area (Å²) in [7, 11) is 0. The highest BCUT2D eigenvalue weighted by Gasteiger charge is 2.23. The van der Waals surface area contributed by atoms with E-state index in [0.29, 0.717) is 23.6 Å². The van der Waals surface area contributed by atoms with Crippen LogP contribution in [-0.2, 0) is 0 Å². The lowest BCUT2D eigenvalue weighted by Gasteiger charge is -2.09. The summed E-state index contributed by atoms with van der Waals surface area (Å²) in [6, 6.07) is 11.8. The first kappa shape index (κ1) is 15.3. The minimum atomic E-state index is -0.230. The Kier molecular flexibility index (Phi) is 4.41. The van der Waals surface area contributed by atoms with Crippen LogP contribution in [0.2, 0.25) is 0 Å². The third kappa shape index (κ3) is 4.42. The molecule has 1 heterocycles. The molecule has 23 heavy (non-hydrogen) atoms. The Bertz CT molecular complexity index is 662. The average Bonchev–Trinajstić information content (AvgIpc) is 3.33. The van der Waals surface area contributed by atoms with E-state index in [2.05, 4.69) is 52.1 Å². The van der Waals surface area contributed by atoms with Gasteiger partial charge in [-0.1, -0.05) is 26.0 Å².